The molecule has 4 rings (SSSR count). The number of benzene rings is 2. The van der Waals surface area contributed by atoms with Crippen molar-refractivity contribution in [3.8, 4) is 11.5 Å². The number of halogens is 1. The van der Waals surface area contributed by atoms with Gasteiger partial charge in [-0.1, -0.05) is 54.4 Å². The number of amides is 1. The van der Waals surface area contributed by atoms with Crippen LogP contribution in [-0.2, 0) is 11.4 Å². The van der Waals surface area contributed by atoms with E-state index in [1.807, 2.05) is 48.5 Å². The highest BCUT2D eigenvalue weighted by Crippen LogP contribution is 2.35. The predicted molar refractivity (Wildman–Crippen MR) is 118 cm³/mol. The molecule has 1 aliphatic carbocycles. The van der Waals surface area contributed by atoms with Crippen molar-refractivity contribution in [2.45, 2.75) is 31.9 Å². The molecule has 1 aromatic heterocycles. The average Bonchev–Trinajstić information content (AvgIpc) is 2.76. The second-order valence-corrected chi connectivity index (χ2v) is 7.84. The SMILES string of the molecule is COc1ccc(C(NC(=O)C2CCC2)c2nccnc2Cl)cc1OCc1ccccc1. The molecule has 31 heavy (non-hydrogen) atoms. The van der Waals surface area contributed by atoms with E-state index in [9.17, 15) is 4.79 Å². The van der Waals surface area contributed by atoms with Crippen molar-refractivity contribution in [2.24, 2.45) is 5.92 Å². The Kier molecular flexibility index (Phi) is 6.67. The van der Waals surface area contributed by atoms with Crippen LogP contribution in [-0.4, -0.2) is 23.0 Å². The molecule has 0 aliphatic heterocycles. The van der Waals surface area contributed by atoms with Gasteiger partial charge >= 0.3 is 0 Å². The number of aromatic nitrogens is 2. The summed E-state index contributed by atoms with van der Waals surface area (Å²) < 4.78 is 11.5. The van der Waals surface area contributed by atoms with Gasteiger partial charge < -0.3 is 14.8 Å². The third kappa shape index (κ3) is 4.97. The summed E-state index contributed by atoms with van der Waals surface area (Å²) in [5.74, 6) is 1.21. The first kappa shape index (κ1) is 21.1. The summed E-state index contributed by atoms with van der Waals surface area (Å²) in [6, 6.07) is 14.9. The van der Waals surface area contributed by atoms with Crippen LogP contribution in [0.25, 0.3) is 0 Å². The maximum Gasteiger partial charge on any atom is 0.223 e. The normalized spacial score (nSPS) is 14.4. The van der Waals surface area contributed by atoms with Crippen LogP contribution in [0.4, 0.5) is 0 Å². The van der Waals surface area contributed by atoms with Gasteiger partial charge in [0.15, 0.2) is 16.7 Å². The number of nitrogens with zero attached hydrogens (tertiary/aromatic N) is 2. The molecule has 1 aliphatic rings. The van der Waals surface area contributed by atoms with E-state index in [1.54, 1.807) is 13.3 Å². The van der Waals surface area contributed by atoms with Crippen molar-refractivity contribution < 1.29 is 14.3 Å². The number of hydrogen-bond donors (Lipinski definition) is 1. The Morgan fingerprint density at radius 3 is 2.58 bits per heavy atom. The summed E-state index contributed by atoms with van der Waals surface area (Å²) in [4.78, 5) is 21.3. The van der Waals surface area contributed by atoms with E-state index in [4.69, 9.17) is 21.1 Å². The van der Waals surface area contributed by atoms with Gasteiger partial charge in [-0.2, -0.15) is 0 Å². The molecule has 1 heterocycles. The fourth-order valence-electron chi connectivity index (χ4n) is 3.49. The van der Waals surface area contributed by atoms with Crippen LogP contribution in [0.1, 0.15) is 42.1 Å². The van der Waals surface area contributed by atoms with Crippen LogP contribution >= 0.6 is 11.6 Å². The Balaban J connectivity index is 1.65. The van der Waals surface area contributed by atoms with Crippen LogP contribution in [0.5, 0.6) is 11.5 Å². The Morgan fingerprint density at radius 2 is 1.90 bits per heavy atom. The fourth-order valence-corrected chi connectivity index (χ4v) is 3.70. The van der Waals surface area contributed by atoms with Crippen molar-refractivity contribution in [2.75, 3.05) is 7.11 Å². The van der Waals surface area contributed by atoms with E-state index < -0.39 is 6.04 Å². The number of nitrogens with one attached hydrogen (secondary N) is 1. The molecule has 0 radical (unpaired) electrons. The summed E-state index contributed by atoms with van der Waals surface area (Å²) in [7, 11) is 1.60. The molecule has 160 valence electrons. The number of methoxy groups -OCH3 is 1. The van der Waals surface area contributed by atoms with Crippen LogP contribution in [0.3, 0.4) is 0 Å². The van der Waals surface area contributed by atoms with Gasteiger partial charge in [-0.15, -0.1) is 0 Å². The molecule has 7 heteroatoms. The number of hydrogen-bond acceptors (Lipinski definition) is 5. The van der Waals surface area contributed by atoms with Gasteiger partial charge in [0.2, 0.25) is 5.91 Å². The van der Waals surface area contributed by atoms with Crippen LogP contribution in [0.2, 0.25) is 5.15 Å². The molecule has 6 nitrogen and oxygen atoms in total. The molecule has 2 aromatic carbocycles. The molecule has 1 unspecified atom stereocenters. The van der Waals surface area contributed by atoms with Crippen LogP contribution in [0, 0.1) is 5.92 Å². The predicted octanol–water partition coefficient (Wildman–Crippen LogP) is 4.72. The third-order valence-corrected chi connectivity index (χ3v) is 5.76. The van der Waals surface area contributed by atoms with Crippen molar-refractivity contribution in [3.05, 3.63) is 82.9 Å². The first-order valence-electron chi connectivity index (χ1n) is 10.3. The topological polar surface area (TPSA) is 73.3 Å². The molecule has 0 spiro atoms. The first-order chi connectivity index (χ1) is 15.2. The third-order valence-electron chi connectivity index (χ3n) is 5.47. The van der Waals surface area contributed by atoms with E-state index in [1.165, 1.54) is 6.20 Å². The maximum absolute atomic E-state index is 12.8. The molecule has 1 fully saturated rings. The van der Waals surface area contributed by atoms with Gasteiger partial charge in [-0.3, -0.25) is 9.78 Å². The maximum atomic E-state index is 12.8. The molecule has 1 N–H and O–H groups in total. The zero-order valence-electron chi connectivity index (χ0n) is 17.3. The highest BCUT2D eigenvalue weighted by atomic mass is 35.5. The lowest BCUT2D eigenvalue weighted by molar-refractivity contribution is -0.127. The first-order valence-corrected chi connectivity index (χ1v) is 10.6. The second-order valence-electron chi connectivity index (χ2n) is 7.49. The lowest BCUT2D eigenvalue weighted by atomic mass is 9.84. The van der Waals surface area contributed by atoms with E-state index >= 15 is 0 Å². The summed E-state index contributed by atoms with van der Waals surface area (Å²) in [5, 5.41) is 3.36. The lowest BCUT2D eigenvalue weighted by Crippen LogP contribution is -2.37. The Labute approximate surface area is 186 Å². The lowest BCUT2D eigenvalue weighted by Gasteiger charge is -2.28. The minimum Gasteiger partial charge on any atom is -0.493 e. The summed E-state index contributed by atoms with van der Waals surface area (Å²) in [6.45, 7) is 0.394. The van der Waals surface area contributed by atoms with Crippen molar-refractivity contribution in [3.63, 3.8) is 0 Å². The van der Waals surface area contributed by atoms with Crippen molar-refractivity contribution >= 4 is 17.5 Å². The zero-order valence-corrected chi connectivity index (χ0v) is 18.0. The van der Waals surface area contributed by atoms with Gasteiger partial charge in [0.25, 0.3) is 0 Å². The molecule has 1 saturated carbocycles. The van der Waals surface area contributed by atoms with E-state index in [0.717, 1.165) is 30.4 Å². The van der Waals surface area contributed by atoms with Gasteiger partial charge in [0, 0.05) is 18.3 Å². The van der Waals surface area contributed by atoms with Gasteiger partial charge in [0.1, 0.15) is 12.3 Å². The Morgan fingerprint density at radius 1 is 1.13 bits per heavy atom. The number of ether oxygens (including phenoxy) is 2. The number of carbonyl (C=O) groups is 1. The minimum atomic E-state index is -0.542. The van der Waals surface area contributed by atoms with E-state index in [0.29, 0.717) is 23.8 Å². The Hall–Kier alpha value is -3.12. The summed E-state index contributed by atoms with van der Waals surface area (Å²) >= 11 is 6.34. The second kappa shape index (κ2) is 9.79. The number of carbonyl (C=O) groups excluding carboxylic acids is 1. The molecule has 1 atom stereocenters. The standard InChI is InChI=1S/C24H24ClN3O3/c1-30-19-11-10-18(14-20(19)31-15-16-6-3-2-4-7-16)21(22-23(25)27-13-12-26-22)28-24(29)17-8-5-9-17/h2-4,6-7,10-14,17,21H,5,8-9,15H2,1H3,(H,28,29). The molecule has 0 bridgehead atoms. The largest absolute Gasteiger partial charge is 0.493 e. The quantitative estimate of drug-likeness (QED) is 0.551. The molecule has 0 saturated heterocycles. The van der Waals surface area contributed by atoms with Crippen molar-refractivity contribution in [1.29, 1.82) is 0 Å². The van der Waals surface area contributed by atoms with Gasteiger partial charge in [-0.05, 0) is 36.1 Å². The molecular formula is C24H24ClN3O3. The van der Waals surface area contributed by atoms with Gasteiger partial charge in [-0.25, -0.2) is 4.98 Å². The van der Waals surface area contributed by atoms with E-state index in [-0.39, 0.29) is 17.0 Å². The van der Waals surface area contributed by atoms with Crippen LogP contribution < -0.4 is 14.8 Å². The van der Waals surface area contributed by atoms with E-state index in [2.05, 4.69) is 15.3 Å². The minimum absolute atomic E-state index is 0.000502. The smallest absolute Gasteiger partial charge is 0.223 e. The molecule has 3 aromatic rings. The summed E-state index contributed by atoms with van der Waals surface area (Å²) in [5.41, 5.74) is 2.33. The molecule has 1 amide bonds. The average molecular weight is 438 g/mol. The molecular weight excluding hydrogens is 414 g/mol. The number of rotatable bonds is 8. The highest BCUT2D eigenvalue weighted by Gasteiger charge is 2.30. The van der Waals surface area contributed by atoms with Crippen molar-refractivity contribution in [1.82, 2.24) is 15.3 Å². The highest BCUT2D eigenvalue weighted by molar-refractivity contribution is 6.30. The zero-order chi connectivity index (χ0) is 21.6. The summed E-state index contributed by atoms with van der Waals surface area (Å²) in [6.07, 6.45) is 5.98. The Bertz CT molecular complexity index is 1040. The fraction of sp³-hybridized carbons (Fsp3) is 0.292. The van der Waals surface area contributed by atoms with Gasteiger partial charge in [0.05, 0.1) is 13.2 Å². The van der Waals surface area contributed by atoms with Crippen LogP contribution in [0.15, 0.2) is 60.9 Å². The monoisotopic (exact) mass is 437 g/mol.